The van der Waals surface area contributed by atoms with Gasteiger partial charge in [-0.1, -0.05) is 59.5 Å². The molecule has 0 spiro atoms. The van der Waals surface area contributed by atoms with E-state index in [4.69, 9.17) is 4.74 Å². The van der Waals surface area contributed by atoms with Crippen molar-refractivity contribution in [2.24, 2.45) is 0 Å². The second-order valence-corrected chi connectivity index (χ2v) is 9.92. The van der Waals surface area contributed by atoms with E-state index >= 15 is 0 Å². The lowest BCUT2D eigenvalue weighted by atomic mass is 9.95. The lowest BCUT2D eigenvalue weighted by Gasteiger charge is -2.31. The molecule has 0 bridgehead atoms. The van der Waals surface area contributed by atoms with Gasteiger partial charge in [0.05, 0.1) is 0 Å². The minimum absolute atomic E-state index is 0.0980. The Balaban J connectivity index is 1.74. The molecule has 0 saturated heterocycles. The molecular formula is C27H35BrN2O3. The molecule has 1 atom stereocenters. The van der Waals surface area contributed by atoms with Gasteiger partial charge in [0.15, 0.2) is 6.61 Å². The Labute approximate surface area is 206 Å². The number of nitrogens with zero attached hydrogens (tertiary/aromatic N) is 1. The van der Waals surface area contributed by atoms with E-state index in [0.717, 1.165) is 52.4 Å². The van der Waals surface area contributed by atoms with Gasteiger partial charge in [-0.2, -0.15) is 0 Å². The number of carbonyl (C=O) groups is 2. The average molecular weight is 515 g/mol. The maximum absolute atomic E-state index is 13.3. The van der Waals surface area contributed by atoms with Gasteiger partial charge in [-0.15, -0.1) is 0 Å². The molecule has 6 heteroatoms. The molecule has 0 radical (unpaired) electrons. The van der Waals surface area contributed by atoms with Crippen molar-refractivity contribution in [1.82, 2.24) is 10.2 Å². The van der Waals surface area contributed by atoms with Crippen molar-refractivity contribution in [2.75, 3.05) is 6.61 Å². The second kappa shape index (κ2) is 11.7. The van der Waals surface area contributed by atoms with Crippen LogP contribution in [0.25, 0.3) is 0 Å². The Hall–Kier alpha value is -2.34. The predicted octanol–water partition coefficient (Wildman–Crippen LogP) is 5.62. The van der Waals surface area contributed by atoms with Gasteiger partial charge in [-0.3, -0.25) is 9.59 Å². The third-order valence-electron chi connectivity index (χ3n) is 6.49. The van der Waals surface area contributed by atoms with Crippen LogP contribution in [0.3, 0.4) is 0 Å². The summed E-state index contributed by atoms with van der Waals surface area (Å²) in [5, 5.41) is 3.17. The Bertz CT molecular complexity index is 962. The van der Waals surface area contributed by atoms with Gasteiger partial charge in [-0.25, -0.2) is 0 Å². The van der Waals surface area contributed by atoms with Gasteiger partial charge >= 0.3 is 0 Å². The van der Waals surface area contributed by atoms with Crippen molar-refractivity contribution in [3.63, 3.8) is 0 Å². The maximum Gasteiger partial charge on any atom is 0.261 e. The van der Waals surface area contributed by atoms with Crippen LogP contribution in [-0.2, 0) is 16.1 Å². The zero-order valence-electron chi connectivity index (χ0n) is 20.1. The monoisotopic (exact) mass is 514 g/mol. The Morgan fingerprint density at radius 1 is 1.06 bits per heavy atom. The van der Waals surface area contributed by atoms with Crippen LogP contribution in [0.4, 0.5) is 0 Å². The predicted molar refractivity (Wildman–Crippen MR) is 135 cm³/mol. The highest BCUT2D eigenvalue weighted by molar-refractivity contribution is 9.10. The number of benzene rings is 2. The van der Waals surface area contributed by atoms with Gasteiger partial charge in [0.1, 0.15) is 11.8 Å². The first kappa shape index (κ1) is 25.3. The lowest BCUT2D eigenvalue weighted by molar-refractivity contribution is -0.142. The van der Waals surface area contributed by atoms with Crippen molar-refractivity contribution in [2.45, 2.75) is 78.4 Å². The molecule has 0 aromatic heterocycles. The highest BCUT2D eigenvalue weighted by Gasteiger charge is 2.28. The van der Waals surface area contributed by atoms with Crippen LogP contribution in [-0.4, -0.2) is 35.4 Å². The summed E-state index contributed by atoms with van der Waals surface area (Å²) in [5.41, 5.74) is 4.22. The van der Waals surface area contributed by atoms with Gasteiger partial charge in [0.25, 0.3) is 5.91 Å². The van der Waals surface area contributed by atoms with E-state index in [1.54, 1.807) is 4.90 Å². The van der Waals surface area contributed by atoms with Crippen LogP contribution < -0.4 is 10.1 Å². The zero-order valence-corrected chi connectivity index (χ0v) is 21.7. The summed E-state index contributed by atoms with van der Waals surface area (Å²) in [5.74, 6) is 0.346. The van der Waals surface area contributed by atoms with Gasteiger partial charge in [-0.05, 0) is 74.9 Å². The minimum Gasteiger partial charge on any atom is -0.484 e. The summed E-state index contributed by atoms with van der Waals surface area (Å²) in [4.78, 5) is 28.0. The van der Waals surface area contributed by atoms with Crippen molar-refractivity contribution < 1.29 is 14.3 Å². The molecule has 1 fully saturated rings. The normalized spacial score (nSPS) is 15.1. The number of carbonyl (C=O) groups excluding carboxylic acids is 2. The highest BCUT2D eigenvalue weighted by atomic mass is 79.9. The van der Waals surface area contributed by atoms with Crippen molar-refractivity contribution >= 4 is 27.7 Å². The lowest BCUT2D eigenvalue weighted by Crippen LogP contribution is -2.51. The van der Waals surface area contributed by atoms with Gasteiger partial charge in [0.2, 0.25) is 5.91 Å². The van der Waals surface area contributed by atoms with E-state index < -0.39 is 6.04 Å². The first-order valence-corrected chi connectivity index (χ1v) is 12.6. The molecule has 1 saturated carbocycles. The molecule has 0 unspecified atom stereocenters. The van der Waals surface area contributed by atoms with Crippen molar-refractivity contribution in [1.29, 1.82) is 0 Å². The topological polar surface area (TPSA) is 58.6 Å². The summed E-state index contributed by atoms with van der Waals surface area (Å²) in [6.45, 7) is 8.07. The van der Waals surface area contributed by atoms with E-state index in [-0.39, 0.29) is 24.5 Å². The Morgan fingerprint density at radius 3 is 2.33 bits per heavy atom. The highest BCUT2D eigenvalue weighted by Crippen LogP contribution is 2.26. The number of nitrogens with one attached hydrogen (secondary N) is 1. The first-order valence-electron chi connectivity index (χ1n) is 11.8. The largest absolute Gasteiger partial charge is 0.484 e. The molecule has 0 aliphatic heterocycles. The zero-order chi connectivity index (χ0) is 24.0. The van der Waals surface area contributed by atoms with Crippen molar-refractivity contribution in [3.8, 4) is 5.75 Å². The fourth-order valence-corrected chi connectivity index (χ4v) is 4.57. The number of aryl methyl sites for hydroxylation is 3. The van der Waals surface area contributed by atoms with Gasteiger partial charge < -0.3 is 15.0 Å². The van der Waals surface area contributed by atoms with Crippen LogP contribution >= 0.6 is 15.9 Å². The molecule has 1 aliphatic carbocycles. The number of amides is 2. The molecule has 2 amide bonds. The van der Waals surface area contributed by atoms with E-state index in [1.807, 2.05) is 64.1 Å². The number of hydrogen-bond acceptors (Lipinski definition) is 3. The Morgan fingerprint density at radius 2 is 1.70 bits per heavy atom. The standard InChI is InChI=1S/C27H35BrN2O3/c1-18-10-8-9-11-22(18)16-30(21(4)27(32)29-23-12-6-5-7-13-23)25(31)17-33-24-14-19(2)26(28)20(3)15-24/h8-11,14-15,21,23H,5-7,12-13,16-17H2,1-4H3,(H,29,32)/t21-/m0/s1. The fraction of sp³-hybridized carbons (Fsp3) is 0.481. The van der Waals surface area contributed by atoms with Crippen LogP contribution in [0.5, 0.6) is 5.75 Å². The maximum atomic E-state index is 13.3. The molecule has 2 aromatic rings. The molecule has 1 N–H and O–H groups in total. The summed E-state index contributed by atoms with van der Waals surface area (Å²) < 4.78 is 6.91. The first-order chi connectivity index (χ1) is 15.8. The fourth-order valence-electron chi connectivity index (χ4n) is 4.34. The van der Waals surface area contributed by atoms with Crippen LogP contribution in [0.2, 0.25) is 0 Å². The molecule has 33 heavy (non-hydrogen) atoms. The third-order valence-corrected chi connectivity index (χ3v) is 7.74. The molecule has 3 rings (SSSR count). The molecule has 0 heterocycles. The molecular weight excluding hydrogens is 480 g/mol. The summed E-state index contributed by atoms with van der Waals surface area (Å²) in [7, 11) is 0. The smallest absolute Gasteiger partial charge is 0.261 e. The van der Waals surface area contributed by atoms with E-state index in [2.05, 4.69) is 21.2 Å². The number of halogens is 1. The van der Waals surface area contributed by atoms with Crippen LogP contribution in [0.15, 0.2) is 40.9 Å². The number of ether oxygens (including phenoxy) is 1. The molecule has 178 valence electrons. The quantitative estimate of drug-likeness (QED) is 0.497. The minimum atomic E-state index is -0.587. The van der Waals surface area contributed by atoms with E-state index in [1.165, 1.54) is 6.42 Å². The molecule has 2 aromatic carbocycles. The number of hydrogen-bond donors (Lipinski definition) is 1. The van der Waals surface area contributed by atoms with Crippen molar-refractivity contribution in [3.05, 3.63) is 63.1 Å². The van der Waals surface area contributed by atoms with E-state index in [0.29, 0.717) is 12.3 Å². The summed E-state index contributed by atoms with van der Waals surface area (Å²) in [6, 6.07) is 11.4. The summed E-state index contributed by atoms with van der Waals surface area (Å²) >= 11 is 3.56. The van der Waals surface area contributed by atoms with Crippen LogP contribution in [0, 0.1) is 20.8 Å². The third kappa shape index (κ3) is 6.83. The molecule has 1 aliphatic rings. The van der Waals surface area contributed by atoms with Crippen LogP contribution in [0.1, 0.15) is 61.3 Å². The SMILES string of the molecule is Cc1ccccc1CN(C(=O)COc1cc(C)c(Br)c(C)c1)[C@@H](C)C(=O)NC1CCCCC1. The Kier molecular flexibility index (Phi) is 8.95. The second-order valence-electron chi connectivity index (χ2n) is 9.13. The number of rotatable bonds is 8. The molecule has 5 nitrogen and oxygen atoms in total. The average Bonchev–Trinajstić information content (AvgIpc) is 2.80. The van der Waals surface area contributed by atoms with Gasteiger partial charge in [0, 0.05) is 17.1 Å². The van der Waals surface area contributed by atoms with E-state index in [9.17, 15) is 9.59 Å². The summed E-state index contributed by atoms with van der Waals surface area (Å²) in [6.07, 6.45) is 5.54.